The molecule has 19 heavy (non-hydrogen) atoms. The van der Waals surface area contributed by atoms with Gasteiger partial charge in [-0.25, -0.2) is 0 Å². The normalized spacial score (nSPS) is 19.1. The second-order valence-electron chi connectivity index (χ2n) is 7.14. The molecule has 0 spiro atoms. The Morgan fingerprint density at radius 1 is 1.16 bits per heavy atom. The van der Waals surface area contributed by atoms with Gasteiger partial charge in [-0.1, -0.05) is 52.9 Å². The standard InChI is InChI=1S/C17H36N2/c1-5-6-7-8-9-12-17(4,14-18)19(13-15(2)3)16-10-11-16/h15-16H,5-14,18H2,1-4H3. The summed E-state index contributed by atoms with van der Waals surface area (Å²) in [6.45, 7) is 11.4. The van der Waals surface area contributed by atoms with Crippen LogP contribution in [0, 0.1) is 5.92 Å². The average molecular weight is 268 g/mol. The first-order valence-corrected chi connectivity index (χ1v) is 8.50. The summed E-state index contributed by atoms with van der Waals surface area (Å²) < 4.78 is 0. The molecule has 0 amide bonds. The topological polar surface area (TPSA) is 29.3 Å². The van der Waals surface area contributed by atoms with E-state index in [1.807, 2.05) is 0 Å². The van der Waals surface area contributed by atoms with Crippen molar-refractivity contribution < 1.29 is 0 Å². The maximum atomic E-state index is 6.15. The van der Waals surface area contributed by atoms with E-state index in [-0.39, 0.29) is 5.54 Å². The summed E-state index contributed by atoms with van der Waals surface area (Å²) in [5, 5.41) is 0. The molecular formula is C17H36N2. The van der Waals surface area contributed by atoms with Crippen molar-refractivity contribution in [1.82, 2.24) is 4.90 Å². The van der Waals surface area contributed by atoms with Crippen LogP contribution in [0.2, 0.25) is 0 Å². The zero-order valence-electron chi connectivity index (χ0n) is 13.8. The first kappa shape index (κ1) is 17.0. The number of hydrogen-bond acceptors (Lipinski definition) is 2. The molecule has 0 aliphatic heterocycles. The lowest BCUT2D eigenvalue weighted by atomic mass is 9.90. The average Bonchev–Trinajstić information content (AvgIpc) is 3.19. The molecule has 0 radical (unpaired) electrons. The van der Waals surface area contributed by atoms with E-state index in [4.69, 9.17) is 5.73 Å². The Hall–Kier alpha value is -0.0800. The largest absolute Gasteiger partial charge is 0.329 e. The predicted molar refractivity (Wildman–Crippen MR) is 85.4 cm³/mol. The third-order valence-corrected chi connectivity index (χ3v) is 4.50. The van der Waals surface area contributed by atoms with E-state index in [1.165, 1.54) is 57.9 Å². The van der Waals surface area contributed by atoms with Crippen LogP contribution in [-0.2, 0) is 0 Å². The molecule has 0 aromatic carbocycles. The third kappa shape index (κ3) is 5.83. The zero-order valence-corrected chi connectivity index (χ0v) is 13.8. The fraction of sp³-hybridized carbons (Fsp3) is 1.00. The van der Waals surface area contributed by atoms with Gasteiger partial charge in [-0.2, -0.15) is 0 Å². The van der Waals surface area contributed by atoms with E-state index in [0.29, 0.717) is 0 Å². The predicted octanol–water partition coefficient (Wildman–Crippen LogP) is 4.18. The van der Waals surface area contributed by atoms with Gasteiger partial charge in [0.2, 0.25) is 0 Å². The lowest BCUT2D eigenvalue weighted by Gasteiger charge is -2.42. The van der Waals surface area contributed by atoms with E-state index in [9.17, 15) is 0 Å². The number of hydrogen-bond donors (Lipinski definition) is 1. The van der Waals surface area contributed by atoms with Gasteiger partial charge in [0.1, 0.15) is 0 Å². The molecule has 1 saturated carbocycles. The van der Waals surface area contributed by atoms with Gasteiger partial charge in [0.15, 0.2) is 0 Å². The Bertz CT molecular complexity index is 235. The van der Waals surface area contributed by atoms with Crippen LogP contribution in [-0.4, -0.2) is 29.6 Å². The zero-order chi connectivity index (χ0) is 14.3. The minimum absolute atomic E-state index is 0.234. The fourth-order valence-electron chi connectivity index (χ4n) is 3.06. The van der Waals surface area contributed by atoms with Crippen molar-refractivity contribution in [3.05, 3.63) is 0 Å². The number of unbranched alkanes of at least 4 members (excludes halogenated alkanes) is 4. The summed E-state index contributed by atoms with van der Waals surface area (Å²) in [7, 11) is 0. The molecule has 114 valence electrons. The Labute approximate surface area is 121 Å². The van der Waals surface area contributed by atoms with Gasteiger partial charge in [0, 0.05) is 24.7 Å². The van der Waals surface area contributed by atoms with Crippen LogP contribution in [0.15, 0.2) is 0 Å². The van der Waals surface area contributed by atoms with Gasteiger partial charge >= 0.3 is 0 Å². The molecule has 1 fully saturated rings. The minimum Gasteiger partial charge on any atom is -0.329 e. The molecule has 1 aliphatic carbocycles. The third-order valence-electron chi connectivity index (χ3n) is 4.50. The number of nitrogens with two attached hydrogens (primary N) is 1. The van der Waals surface area contributed by atoms with E-state index >= 15 is 0 Å². The van der Waals surface area contributed by atoms with Crippen LogP contribution in [0.4, 0.5) is 0 Å². The summed E-state index contributed by atoms with van der Waals surface area (Å²) in [5.41, 5.74) is 6.38. The van der Waals surface area contributed by atoms with Gasteiger partial charge in [-0.05, 0) is 32.1 Å². The molecule has 0 aromatic heterocycles. The van der Waals surface area contributed by atoms with Crippen molar-refractivity contribution in [3.63, 3.8) is 0 Å². The number of nitrogens with zero attached hydrogens (tertiary/aromatic N) is 1. The molecule has 2 heteroatoms. The van der Waals surface area contributed by atoms with Gasteiger partial charge < -0.3 is 5.73 Å². The Morgan fingerprint density at radius 3 is 2.26 bits per heavy atom. The van der Waals surface area contributed by atoms with Gasteiger partial charge in [-0.15, -0.1) is 0 Å². The van der Waals surface area contributed by atoms with Crippen LogP contribution in [0.3, 0.4) is 0 Å². The molecule has 0 heterocycles. The monoisotopic (exact) mass is 268 g/mol. The van der Waals surface area contributed by atoms with Gasteiger partial charge in [0.05, 0.1) is 0 Å². The molecule has 1 atom stereocenters. The fourth-order valence-corrected chi connectivity index (χ4v) is 3.06. The molecule has 1 rings (SSSR count). The van der Waals surface area contributed by atoms with Crippen molar-refractivity contribution in [2.75, 3.05) is 13.1 Å². The second kappa shape index (κ2) is 8.26. The molecular weight excluding hydrogens is 232 g/mol. The Balaban J connectivity index is 2.45. The van der Waals surface area contributed by atoms with Crippen molar-refractivity contribution >= 4 is 0 Å². The lowest BCUT2D eigenvalue weighted by Crippen LogP contribution is -2.54. The highest BCUT2D eigenvalue weighted by atomic mass is 15.3. The summed E-state index contributed by atoms with van der Waals surface area (Å²) >= 11 is 0. The van der Waals surface area contributed by atoms with E-state index in [1.54, 1.807) is 0 Å². The van der Waals surface area contributed by atoms with Crippen molar-refractivity contribution in [1.29, 1.82) is 0 Å². The van der Waals surface area contributed by atoms with E-state index in [0.717, 1.165) is 18.5 Å². The highest BCUT2D eigenvalue weighted by Crippen LogP contribution is 2.35. The summed E-state index contributed by atoms with van der Waals surface area (Å²) in [6, 6.07) is 0.826. The van der Waals surface area contributed by atoms with Crippen LogP contribution in [0.5, 0.6) is 0 Å². The second-order valence-corrected chi connectivity index (χ2v) is 7.14. The van der Waals surface area contributed by atoms with Crippen LogP contribution in [0.1, 0.15) is 79.1 Å². The molecule has 0 saturated heterocycles. The first-order valence-electron chi connectivity index (χ1n) is 8.50. The molecule has 0 aromatic rings. The molecule has 1 aliphatic rings. The smallest absolute Gasteiger partial charge is 0.0306 e. The summed E-state index contributed by atoms with van der Waals surface area (Å²) in [5.74, 6) is 0.742. The lowest BCUT2D eigenvalue weighted by molar-refractivity contribution is 0.0761. The maximum Gasteiger partial charge on any atom is 0.0306 e. The van der Waals surface area contributed by atoms with E-state index < -0.39 is 0 Å². The molecule has 1 unspecified atom stereocenters. The highest BCUT2D eigenvalue weighted by Gasteiger charge is 2.40. The minimum atomic E-state index is 0.234. The van der Waals surface area contributed by atoms with Crippen LogP contribution < -0.4 is 5.73 Å². The summed E-state index contributed by atoms with van der Waals surface area (Å²) in [4.78, 5) is 2.73. The maximum absolute atomic E-state index is 6.15. The Kier molecular flexibility index (Phi) is 7.38. The van der Waals surface area contributed by atoms with Gasteiger partial charge in [-0.3, -0.25) is 4.90 Å². The van der Waals surface area contributed by atoms with Crippen molar-refractivity contribution in [3.8, 4) is 0 Å². The van der Waals surface area contributed by atoms with Crippen LogP contribution in [0.25, 0.3) is 0 Å². The number of rotatable bonds is 11. The van der Waals surface area contributed by atoms with Crippen molar-refractivity contribution in [2.45, 2.75) is 90.6 Å². The van der Waals surface area contributed by atoms with E-state index in [2.05, 4.69) is 32.6 Å². The quantitative estimate of drug-likeness (QED) is 0.569. The first-order chi connectivity index (χ1) is 9.03. The Morgan fingerprint density at radius 2 is 1.79 bits per heavy atom. The molecule has 2 nitrogen and oxygen atoms in total. The van der Waals surface area contributed by atoms with Crippen molar-refractivity contribution in [2.24, 2.45) is 11.7 Å². The van der Waals surface area contributed by atoms with Gasteiger partial charge in [0.25, 0.3) is 0 Å². The SMILES string of the molecule is CCCCCCCC(C)(CN)N(CC(C)C)C1CC1. The highest BCUT2D eigenvalue weighted by molar-refractivity contribution is 4.96. The molecule has 0 bridgehead atoms. The summed E-state index contributed by atoms with van der Waals surface area (Å²) in [6.07, 6.45) is 10.9. The molecule has 2 N–H and O–H groups in total. The van der Waals surface area contributed by atoms with Crippen LogP contribution >= 0.6 is 0 Å².